The molecule has 0 spiro atoms. The van der Waals surface area contributed by atoms with Crippen molar-refractivity contribution in [2.24, 2.45) is 0 Å². The van der Waals surface area contributed by atoms with Crippen molar-refractivity contribution >= 4 is 11.9 Å². The third-order valence-corrected chi connectivity index (χ3v) is 13.5. The number of esters is 2. The maximum Gasteiger partial charge on any atom is 0.306 e. The van der Waals surface area contributed by atoms with Gasteiger partial charge in [-0.25, -0.2) is 0 Å². The van der Waals surface area contributed by atoms with Crippen molar-refractivity contribution in [3.8, 4) is 0 Å². The standard InChI is InChI=1S/C71H118O5/c1-3-5-7-9-11-13-15-17-19-21-23-25-27-29-30-31-32-33-34-35-36-37-38-39-40-42-44-46-48-50-52-54-56-58-60-62-64-66-71(74)76-69(67-72)68-75-70(73)65-63-61-59-57-55-53-51-49-47-45-43-41-28-26-24-22-20-18-16-14-12-10-8-6-4-2/h5,7,11,13,17,19,23,25,29-30,32-33,35-36,38-39,42,44,48,50,54,56,69,72H,3-4,6,8-10,12,14-16,18,20-22,24,26-28,31,34,37,40-41,43,45-47,49,51-53,55,57-68H2,1-2H3/b7-5-,13-11-,19-17-,25-23-,30-29-,33-32-,36-35-,39-38-,44-42-,50-48-,56-54-. The molecule has 0 aromatic heterocycles. The molecule has 1 atom stereocenters. The van der Waals surface area contributed by atoms with Crippen LogP contribution >= 0.6 is 0 Å². The second kappa shape index (κ2) is 65.3. The van der Waals surface area contributed by atoms with Crippen molar-refractivity contribution in [3.05, 3.63) is 134 Å². The smallest absolute Gasteiger partial charge is 0.306 e. The molecule has 0 aromatic rings. The molecule has 1 unspecified atom stereocenters. The number of carbonyl (C=O) groups is 2. The number of ether oxygens (including phenoxy) is 2. The van der Waals surface area contributed by atoms with Gasteiger partial charge >= 0.3 is 11.9 Å². The molecule has 0 rings (SSSR count). The zero-order valence-corrected chi connectivity index (χ0v) is 49.5. The molecule has 0 heterocycles. The Hall–Kier alpha value is -3.96. The SMILES string of the molecule is CC/C=C\C/C=C\C/C=C\C/C=C\C/C=C\C/C=C\C/C=C\C/C=C\C/C=C\C/C=C\C/C=C\CCCCCC(=O)OC(CO)COC(=O)CCCCCCCCCCCCCCCCCCCCCCCCCCC. The van der Waals surface area contributed by atoms with Crippen LogP contribution in [0.2, 0.25) is 0 Å². The minimum absolute atomic E-state index is 0.0842. The Balaban J connectivity index is 3.61. The van der Waals surface area contributed by atoms with Crippen LogP contribution < -0.4 is 0 Å². The molecule has 0 aromatic carbocycles. The summed E-state index contributed by atoms with van der Waals surface area (Å²) in [7, 11) is 0. The largest absolute Gasteiger partial charge is 0.462 e. The van der Waals surface area contributed by atoms with Crippen LogP contribution in [0.5, 0.6) is 0 Å². The monoisotopic (exact) mass is 1050 g/mol. The Morgan fingerprint density at radius 1 is 0.316 bits per heavy atom. The number of aliphatic hydroxyl groups excluding tert-OH is 1. The lowest BCUT2D eigenvalue weighted by Gasteiger charge is -2.15. The molecule has 1 N–H and O–H groups in total. The van der Waals surface area contributed by atoms with E-state index in [1.54, 1.807) is 0 Å². The first-order valence-electron chi connectivity index (χ1n) is 31.7. The lowest BCUT2D eigenvalue weighted by atomic mass is 10.0. The van der Waals surface area contributed by atoms with Gasteiger partial charge in [0, 0.05) is 12.8 Å². The van der Waals surface area contributed by atoms with Crippen LogP contribution in [0.3, 0.4) is 0 Å². The highest BCUT2D eigenvalue weighted by Crippen LogP contribution is 2.17. The van der Waals surface area contributed by atoms with E-state index in [-0.39, 0.29) is 25.2 Å². The van der Waals surface area contributed by atoms with E-state index in [0.717, 1.165) is 116 Å². The van der Waals surface area contributed by atoms with Gasteiger partial charge in [-0.1, -0.05) is 308 Å². The highest BCUT2D eigenvalue weighted by atomic mass is 16.6. The second-order valence-electron chi connectivity index (χ2n) is 20.8. The maximum atomic E-state index is 12.3. The summed E-state index contributed by atoms with van der Waals surface area (Å²) in [5, 5.41) is 9.67. The van der Waals surface area contributed by atoms with E-state index in [4.69, 9.17) is 9.47 Å². The van der Waals surface area contributed by atoms with Gasteiger partial charge in [-0.2, -0.15) is 0 Å². The van der Waals surface area contributed by atoms with Crippen molar-refractivity contribution in [2.75, 3.05) is 13.2 Å². The number of allylic oxidation sites excluding steroid dienone is 22. The first-order chi connectivity index (χ1) is 37.6. The Bertz CT molecular complexity index is 1570. The first kappa shape index (κ1) is 72.0. The fourth-order valence-electron chi connectivity index (χ4n) is 8.74. The van der Waals surface area contributed by atoms with Gasteiger partial charge in [0.05, 0.1) is 6.61 Å². The number of aliphatic hydroxyl groups is 1. The molecule has 0 amide bonds. The molecule has 0 fully saturated rings. The van der Waals surface area contributed by atoms with E-state index in [2.05, 4.69) is 148 Å². The summed E-state index contributed by atoms with van der Waals surface area (Å²) in [5.41, 5.74) is 0. The van der Waals surface area contributed by atoms with Crippen LogP contribution in [0.15, 0.2) is 134 Å². The van der Waals surface area contributed by atoms with Crippen LogP contribution in [0, 0.1) is 0 Å². The summed E-state index contributed by atoms with van der Waals surface area (Å²) in [6.07, 6.45) is 97.3. The van der Waals surface area contributed by atoms with E-state index in [1.807, 2.05) is 0 Å². The van der Waals surface area contributed by atoms with Gasteiger partial charge in [-0.3, -0.25) is 9.59 Å². The van der Waals surface area contributed by atoms with E-state index in [1.165, 1.54) is 141 Å². The average Bonchev–Trinajstić information content (AvgIpc) is 3.42. The molecule has 76 heavy (non-hydrogen) atoms. The van der Waals surface area contributed by atoms with Crippen LogP contribution in [0.25, 0.3) is 0 Å². The van der Waals surface area contributed by atoms with Gasteiger partial charge < -0.3 is 14.6 Å². The zero-order valence-electron chi connectivity index (χ0n) is 49.5. The molecule has 0 saturated heterocycles. The lowest BCUT2D eigenvalue weighted by molar-refractivity contribution is -0.161. The van der Waals surface area contributed by atoms with Crippen LogP contribution in [-0.4, -0.2) is 36.4 Å². The van der Waals surface area contributed by atoms with Gasteiger partial charge in [-0.15, -0.1) is 0 Å². The third kappa shape index (κ3) is 62.6. The Kier molecular flexibility index (Phi) is 61.9. The summed E-state index contributed by atoms with van der Waals surface area (Å²) in [4.78, 5) is 24.6. The van der Waals surface area contributed by atoms with Crippen LogP contribution in [0.4, 0.5) is 0 Å². The summed E-state index contributed by atoms with van der Waals surface area (Å²) in [5.74, 6) is -0.627. The fourth-order valence-corrected chi connectivity index (χ4v) is 8.74. The Morgan fingerprint density at radius 2 is 0.566 bits per heavy atom. The number of carbonyl (C=O) groups excluding carboxylic acids is 2. The number of rotatable bonds is 57. The summed E-state index contributed by atoms with van der Waals surface area (Å²) in [6, 6.07) is 0. The summed E-state index contributed by atoms with van der Waals surface area (Å²) < 4.78 is 10.7. The highest BCUT2D eigenvalue weighted by molar-refractivity contribution is 5.70. The molecular weight excluding hydrogens is 933 g/mol. The van der Waals surface area contributed by atoms with Crippen molar-refractivity contribution in [3.63, 3.8) is 0 Å². The minimum Gasteiger partial charge on any atom is -0.462 e. The van der Waals surface area contributed by atoms with E-state index >= 15 is 0 Å². The van der Waals surface area contributed by atoms with Crippen LogP contribution in [-0.2, 0) is 19.1 Å². The molecule has 5 heteroatoms. The molecule has 0 bridgehead atoms. The summed E-state index contributed by atoms with van der Waals surface area (Å²) >= 11 is 0. The highest BCUT2D eigenvalue weighted by Gasteiger charge is 2.16. The normalized spacial score (nSPS) is 13.1. The fraction of sp³-hybridized carbons (Fsp3) is 0.662. The minimum atomic E-state index is -0.799. The first-order valence-corrected chi connectivity index (χ1v) is 31.7. The Morgan fingerprint density at radius 3 is 0.855 bits per heavy atom. The number of unbranched alkanes of at least 4 members (excludes halogenated alkanes) is 27. The molecule has 0 radical (unpaired) electrons. The van der Waals surface area contributed by atoms with E-state index < -0.39 is 6.10 Å². The van der Waals surface area contributed by atoms with Gasteiger partial charge in [0.1, 0.15) is 6.61 Å². The van der Waals surface area contributed by atoms with E-state index in [9.17, 15) is 14.7 Å². The van der Waals surface area contributed by atoms with Crippen molar-refractivity contribution < 1.29 is 24.2 Å². The molecule has 0 aliphatic carbocycles. The molecule has 0 aliphatic rings. The molecule has 432 valence electrons. The van der Waals surface area contributed by atoms with Crippen molar-refractivity contribution in [2.45, 2.75) is 290 Å². The Labute approximate surface area is 470 Å². The van der Waals surface area contributed by atoms with Gasteiger partial charge in [-0.05, 0) is 96.3 Å². The molecule has 0 aliphatic heterocycles. The maximum absolute atomic E-state index is 12.3. The lowest BCUT2D eigenvalue weighted by Crippen LogP contribution is -2.28. The van der Waals surface area contributed by atoms with Gasteiger partial charge in [0.25, 0.3) is 0 Å². The quantitative estimate of drug-likeness (QED) is 0.0373. The topological polar surface area (TPSA) is 72.8 Å². The average molecular weight is 1050 g/mol. The third-order valence-electron chi connectivity index (χ3n) is 13.5. The number of hydrogen-bond acceptors (Lipinski definition) is 5. The molecule has 0 saturated carbocycles. The number of hydrogen-bond donors (Lipinski definition) is 1. The summed E-state index contributed by atoms with van der Waals surface area (Å²) in [6.45, 7) is 4.02. The molecular formula is C71H118O5. The van der Waals surface area contributed by atoms with E-state index in [0.29, 0.717) is 12.8 Å². The molecule has 5 nitrogen and oxygen atoms in total. The predicted molar refractivity (Wildman–Crippen MR) is 334 cm³/mol. The van der Waals surface area contributed by atoms with Crippen molar-refractivity contribution in [1.82, 2.24) is 0 Å². The van der Waals surface area contributed by atoms with Crippen molar-refractivity contribution in [1.29, 1.82) is 0 Å². The van der Waals surface area contributed by atoms with Gasteiger partial charge in [0.2, 0.25) is 0 Å². The predicted octanol–water partition coefficient (Wildman–Crippen LogP) is 22.0. The zero-order chi connectivity index (χ0) is 54.8. The van der Waals surface area contributed by atoms with Gasteiger partial charge in [0.15, 0.2) is 6.10 Å². The van der Waals surface area contributed by atoms with Crippen LogP contribution in [0.1, 0.15) is 284 Å². The second-order valence-corrected chi connectivity index (χ2v) is 20.8.